The lowest BCUT2D eigenvalue weighted by atomic mass is 10.1. The molecule has 2 aromatic rings. The number of carbonyl (C=O) groups is 1. The highest BCUT2D eigenvalue weighted by atomic mass is 32.1. The molecular formula is C20H28N3O4S+. The predicted molar refractivity (Wildman–Crippen MR) is 108 cm³/mol. The standard InChI is InChI=1S/C20H27N3O4S/c1-2-27-16(24)13-23-18(25)17-14-7-6-8-15(14)28-19(17)22(20(23)26)12-11-21-9-4-3-5-10-21/h2-13H2,1H3/p+1. The smallest absolute Gasteiger partial charge is 0.332 e. The molecule has 0 spiro atoms. The number of esters is 1. The van der Waals surface area contributed by atoms with Gasteiger partial charge in [0.15, 0.2) is 0 Å². The van der Waals surface area contributed by atoms with Crippen LogP contribution in [0.5, 0.6) is 0 Å². The molecule has 7 nitrogen and oxygen atoms in total. The Kier molecular flexibility index (Phi) is 5.68. The van der Waals surface area contributed by atoms with Crippen molar-refractivity contribution in [2.45, 2.75) is 58.5 Å². The van der Waals surface area contributed by atoms with Gasteiger partial charge in [0.05, 0.1) is 38.2 Å². The second kappa shape index (κ2) is 8.21. The van der Waals surface area contributed by atoms with Gasteiger partial charge >= 0.3 is 11.7 Å². The van der Waals surface area contributed by atoms with Crippen LogP contribution in [0.25, 0.3) is 10.2 Å². The summed E-state index contributed by atoms with van der Waals surface area (Å²) in [5.41, 5.74) is 0.359. The first-order chi connectivity index (χ1) is 13.6. The van der Waals surface area contributed by atoms with Gasteiger partial charge in [0, 0.05) is 4.88 Å². The third kappa shape index (κ3) is 3.55. The summed E-state index contributed by atoms with van der Waals surface area (Å²) in [6.07, 6.45) is 6.64. The van der Waals surface area contributed by atoms with E-state index in [1.54, 1.807) is 22.8 Å². The van der Waals surface area contributed by atoms with Crippen LogP contribution in [0.4, 0.5) is 0 Å². The van der Waals surface area contributed by atoms with Crippen LogP contribution in [0.2, 0.25) is 0 Å². The van der Waals surface area contributed by atoms with E-state index in [1.165, 1.54) is 29.0 Å². The molecule has 3 heterocycles. The zero-order chi connectivity index (χ0) is 19.7. The quantitative estimate of drug-likeness (QED) is 0.703. The van der Waals surface area contributed by atoms with Crippen molar-refractivity contribution in [3.63, 3.8) is 0 Å². The molecule has 0 saturated carbocycles. The Morgan fingerprint density at radius 3 is 2.64 bits per heavy atom. The van der Waals surface area contributed by atoms with Gasteiger partial charge in [-0.2, -0.15) is 0 Å². The Bertz CT molecular complexity index is 998. The van der Waals surface area contributed by atoms with E-state index in [4.69, 9.17) is 4.74 Å². The normalized spacial score (nSPS) is 17.2. The summed E-state index contributed by atoms with van der Waals surface area (Å²) in [5, 5.41) is 0.648. The van der Waals surface area contributed by atoms with Crippen LogP contribution < -0.4 is 16.1 Å². The highest BCUT2D eigenvalue weighted by Gasteiger charge is 2.26. The summed E-state index contributed by atoms with van der Waals surface area (Å²) < 4.78 is 7.81. The number of hydrogen-bond acceptors (Lipinski definition) is 5. The summed E-state index contributed by atoms with van der Waals surface area (Å²) >= 11 is 1.59. The minimum atomic E-state index is -0.541. The van der Waals surface area contributed by atoms with Crippen molar-refractivity contribution in [1.29, 1.82) is 0 Å². The number of quaternary nitrogens is 1. The van der Waals surface area contributed by atoms with Gasteiger partial charge in [-0.1, -0.05) is 0 Å². The number of nitrogens with one attached hydrogen (secondary N) is 1. The number of ether oxygens (including phenoxy) is 1. The van der Waals surface area contributed by atoms with Gasteiger partial charge in [-0.3, -0.25) is 14.2 Å². The van der Waals surface area contributed by atoms with Crippen LogP contribution in [-0.2, 0) is 35.5 Å². The second-order valence-electron chi connectivity index (χ2n) is 7.73. The Morgan fingerprint density at radius 1 is 1.11 bits per heavy atom. The number of fused-ring (bicyclic) bond motifs is 3. The molecule has 1 saturated heterocycles. The van der Waals surface area contributed by atoms with Crippen LogP contribution in [-0.4, -0.2) is 41.3 Å². The zero-order valence-corrected chi connectivity index (χ0v) is 17.2. The number of rotatable bonds is 6. The Balaban J connectivity index is 1.76. The van der Waals surface area contributed by atoms with Crippen molar-refractivity contribution in [1.82, 2.24) is 9.13 Å². The van der Waals surface area contributed by atoms with Gasteiger partial charge in [0.1, 0.15) is 11.4 Å². The molecule has 0 atom stereocenters. The lowest BCUT2D eigenvalue weighted by molar-refractivity contribution is -0.905. The van der Waals surface area contributed by atoms with Crippen LogP contribution in [0, 0.1) is 0 Å². The first kappa shape index (κ1) is 19.4. The van der Waals surface area contributed by atoms with Crippen molar-refractivity contribution in [2.24, 2.45) is 0 Å². The number of aryl methyl sites for hydroxylation is 2. The number of thiophene rings is 1. The maximum atomic E-state index is 13.2. The van der Waals surface area contributed by atoms with Gasteiger partial charge in [0.25, 0.3) is 5.56 Å². The third-order valence-electron chi connectivity index (χ3n) is 5.91. The van der Waals surface area contributed by atoms with Gasteiger partial charge in [0.2, 0.25) is 0 Å². The fraction of sp³-hybridized carbons (Fsp3) is 0.650. The van der Waals surface area contributed by atoms with Crippen LogP contribution in [0.3, 0.4) is 0 Å². The van der Waals surface area contributed by atoms with Crippen LogP contribution in [0.15, 0.2) is 9.59 Å². The molecule has 2 aromatic heterocycles. The molecule has 0 aromatic carbocycles. The molecule has 0 radical (unpaired) electrons. The van der Waals surface area contributed by atoms with E-state index in [0.717, 1.165) is 53.9 Å². The van der Waals surface area contributed by atoms with Crippen molar-refractivity contribution in [2.75, 3.05) is 26.2 Å². The molecule has 4 rings (SSSR count). The topological polar surface area (TPSA) is 74.7 Å². The molecule has 0 amide bonds. The second-order valence-corrected chi connectivity index (χ2v) is 8.81. The van der Waals surface area contributed by atoms with E-state index in [1.807, 2.05) is 0 Å². The Morgan fingerprint density at radius 2 is 1.89 bits per heavy atom. The van der Waals surface area contributed by atoms with E-state index in [9.17, 15) is 14.4 Å². The molecule has 1 fully saturated rings. The molecule has 152 valence electrons. The molecule has 1 N–H and O–H groups in total. The summed E-state index contributed by atoms with van der Waals surface area (Å²) in [7, 11) is 0. The minimum absolute atomic E-state index is 0.232. The molecule has 1 aliphatic carbocycles. The van der Waals surface area contributed by atoms with E-state index >= 15 is 0 Å². The van der Waals surface area contributed by atoms with Crippen molar-refractivity contribution in [3.05, 3.63) is 31.3 Å². The fourth-order valence-electron chi connectivity index (χ4n) is 4.50. The molecule has 0 bridgehead atoms. The van der Waals surface area contributed by atoms with E-state index < -0.39 is 5.97 Å². The maximum Gasteiger partial charge on any atom is 0.332 e. The molecule has 8 heteroatoms. The predicted octanol–water partition coefficient (Wildman–Crippen LogP) is 0.345. The Hall–Kier alpha value is -1.93. The minimum Gasteiger partial charge on any atom is -0.465 e. The van der Waals surface area contributed by atoms with Gasteiger partial charge in [-0.15, -0.1) is 11.3 Å². The van der Waals surface area contributed by atoms with Gasteiger partial charge in [-0.05, 0) is 51.0 Å². The number of piperidine rings is 1. The lowest BCUT2D eigenvalue weighted by Crippen LogP contribution is -3.13. The van der Waals surface area contributed by atoms with Crippen molar-refractivity contribution >= 4 is 27.5 Å². The first-order valence-corrected chi connectivity index (χ1v) is 11.2. The van der Waals surface area contributed by atoms with Crippen LogP contribution >= 0.6 is 11.3 Å². The van der Waals surface area contributed by atoms with E-state index in [0.29, 0.717) is 11.9 Å². The number of nitrogens with zero attached hydrogens (tertiary/aromatic N) is 2. The van der Waals surface area contributed by atoms with E-state index in [2.05, 4.69) is 0 Å². The highest BCUT2D eigenvalue weighted by molar-refractivity contribution is 7.18. The Labute approximate surface area is 167 Å². The first-order valence-electron chi connectivity index (χ1n) is 10.4. The number of likely N-dealkylation sites (tertiary alicyclic amines) is 1. The monoisotopic (exact) mass is 406 g/mol. The molecule has 2 aliphatic rings. The molecular weight excluding hydrogens is 378 g/mol. The van der Waals surface area contributed by atoms with E-state index in [-0.39, 0.29) is 24.4 Å². The van der Waals surface area contributed by atoms with Crippen molar-refractivity contribution < 1.29 is 14.4 Å². The highest BCUT2D eigenvalue weighted by Crippen LogP contribution is 2.35. The van der Waals surface area contributed by atoms with Crippen molar-refractivity contribution in [3.8, 4) is 0 Å². The largest absolute Gasteiger partial charge is 0.465 e. The summed E-state index contributed by atoms with van der Waals surface area (Å²) in [4.78, 5) is 41.8. The van der Waals surface area contributed by atoms with Gasteiger partial charge < -0.3 is 9.64 Å². The zero-order valence-electron chi connectivity index (χ0n) is 16.4. The number of carbonyl (C=O) groups excluding carboxylic acids is 1. The number of hydrogen-bond donors (Lipinski definition) is 1. The molecule has 28 heavy (non-hydrogen) atoms. The SMILES string of the molecule is CCOC(=O)Cn1c(=O)c2c3c(sc2n(CC[NH+]2CCCCC2)c1=O)CCC3. The average Bonchev–Trinajstić information content (AvgIpc) is 3.27. The summed E-state index contributed by atoms with van der Waals surface area (Å²) in [6.45, 7) is 5.36. The fourth-order valence-corrected chi connectivity index (χ4v) is 5.90. The maximum absolute atomic E-state index is 13.2. The van der Waals surface area contributed by atoms with Gasteiger partial charge in [-0.25, -0.2) is 9.36 Å². The lowest BCUT2D eigenvalue weighted by Gasteiger charge is -2.24. The average molecular weight is 407 g/mol. The van der Waals surface area contributed by atoms with Crippen LogP contribution in [0.1, 0.15) is 43.0 Å². The molecule has 1 aliphatic heterocycles. The summed E-state index contributed by atoms with van der Waals surface area (Å²) in [6, 6.07) is 0. The summed E-state index contributed by atoms with van der Waals surface area (Å²) in [5.74, 6) is -0.541. The number of aromatic nitrogens is 2. The third-order valence-corrected chi connectivity index (χ3v) is 7.23. The molecule has 0 unspecified atom stereocenters.